The molecule has 1 aliphatic rings. The zero-order valence-corrected chi connectivity index (χ0v) is 11.6. The number of ether oxygens (including phenoxy) is 1. The molecular formula is C14H21NOS. The second-order valence-corrected chi connectivity index (χ2v) is 6.17. The van der Waals surface area contributed by atoms with Crippen LogP contribution in [0.25, 0.3) is 0 Å². The van der Waals surface area contributed by atoms with Crippen molar-refractivity contribution >= 4 is 11.8 Å². The molecule has 3 atom stereocenters. The standard InChI is InChI=1S/C14H21NOS/c1-10-8-9-17-11(2)14(15-10)12-4-6-13(16-3)7-5-12/h4-7,10-11,14-15H,8-9H2,1-3H3. The first-order valence-electron chi connectivity index (χ1n) is 6.22. The monoisotopic (exact) mass is 251 g/mol. The first-order chi connectivity index (χ1) is 8.20. The maximum atomic E-state index is 5.20. The molecule has 3 heteroatoms. The third-order valence-corrected chi connectivity index (χ3v) is 4.61. The Morgan fingerprint density at radius 3 is 2.59 bits per heavy atom. The summed E-state index contributed by atoms with van der Waals surface area (Å²) in [7, 11) is 1.71. The molecule has 1 N–H and O–H groups in total. The molecule has 2 nitrogen and oxygen atoms in total. The van der Waals surface area contributed by atoms with Crippen molar-refractivity contribution in [2.75, 3.05) is 12.9 Å². The first kappa shape index (κ1) is 12.8. The summed E-state index contributed by atoms with van der Waals surface area (Å²) in [5.41, 5.74) is 1.36. The van der Waals surface area contributed by atoms with Crippen molar-refractivity contribution in [3.8, 4) is 5.75 Å². The minimum absolute atomic E-state index is 0.448. The van der Waals surface area contributed by atoms with Gasteiger partial charge in [-0.25, -0.2) is 0 Å². The maximum absolute atomic E-state index is 5.20. The molecule has 0 radical (unpaired) electrons. The van der Waals surface area contributed by atoms with E-state index in [9.17, 15) is 0 Å². The van der Waals surface area contributed by atoms with Gasteiger partial charge in [-0.05, 0) is 36.8 Å². The molecule has 0 spiro atoms. The van der Waals surface area contributed by atoms with Crippen molar-refractivity contribution in [3.63, 3.8) is 0 Å². The molecule has 1 aromatic rings. The number of hydrogen-bond donors (Lipinski definition) is 1. The Balaban J connectivity index is 2.17. The summed E-state index contributed by atoms with van der Waals surface area (Å²) in [4.78, 5) is 0. The van der Waals surface area contributed by atoms with Crippen LogP contribution in [-0.4, -0.2) is 24.2 Å². The van der Waals surface area contributed by atoms with Crippen molar-refractivity contribution in [1.82, 2.24) is 5.32 Å². The van der Waals surface area contributed by atoms with Gasteiger partial charge in [0.25, 0.3) is 0 Å². The van der Waals surface area contributed by atoms with Crippen LogP contribution >= 0.6 is 11.8 Å². The molecule has 1 heterocycles. The van der Waals surface area contributed by atoms with Gasteiger partial charge in [0.15, 0.2) is 0 Å². The van der Waals surface area contributed by atoms with E-state index in [4.69, 9.17) is 4.74 Å². The van der Waals surface area contributed by atoms with Crippen molar-refractivity contribution in [2.45, 2.75) is 37.6 Å². The highest BCUT2D eigenvalue weighted by Crippen LogP contribution is 2.31. The van der Waals surface area contributed by atoms with E-state index in [0.717, 1.165) is 5.75 Å². The summed E-state index contributed by atoms with van der Waals surface area (Å²) in [6, 6.07) is 9.48. The lowest BCUT2D eigenvalue weighted by molar-refractivity contribution is 0.413. The average Bonchev–Trinajstić information content (AvgIpc) is 2.51. The third-order valence-electron chi connectivity index (χ3n) is 3.34. The lowest BCUT2D eigenvalue weighted by Crippen LogP contribution is -2.33. The van der Waals surface area contributed by atoms with E-state index in [1.54, 1.807) is 7.11 Å². The Morgan fingerprint density at radius 2 is 1.94 bits per heavy atom. The molecule has 0 aromatic heterocycles. The molecule has 94 valence electrons. The molecule has 3 unspecified atom stereocenters. The van der Waals surface area contributed by atoms with Gasteiger partial charge < -0.3 is 10.1 Å². The Bertz CT molecular complexity index is 352. The molecule has 1 fully saturated rings. The quantitative estimate of drug-likeness (QED) is 0.872. The van der Waals surface area contributed by atoms with Crippen LogP contribution in [0.15, 0.2) is 24.3 Å². The molecule has 0 aliphatic carbocycles. The maximum Gasteiger partial charge on any atom is 0.118 e. The van der Waals surface area contributed by atoms with E-state index in [-0.39, 0.29) is 0 Å². The van der Waals surface area contributed by atoms with Crippen LogP contribution in [0, 0.1) is 0 Å². The van der Waals surface area contributed by atoms with Crippen LogP contribution in [0.3, 0.4) is 0 Å². The van der Waals surface area contributed by atoms with Gasteiger partial charge in [0.05, 0.1) is 7.11 Å². The van der Waals surface area contributed by atoms with E-state index >= 15 is 0 Å². The summed E-state index contributed by atoms with van der Waals surface area (Å²) in [6.07, 6.45) is 1.25. The van der Waals surface area contributed by atoms with Crippen molar-refractivity contribution in [3.05, 3.63) is 29.8 Å². The highest BCUT2D eigenvalue weighted by atomic mass is 32.2. The predicted molar refractivity (Wildman–Crippen MR) is 74.9 cm³/mol. The minimum atomic E-state index is 0.448. The second kappa shape index (κ2) is 5.78. The molecule has 1 aromatic carbocycles. The third kappa shape index (κ3) is 3.17. The van der Waals surface area contributed by atoms with Gasteiger partial charge in [0, 0.05) is 17.3 Å². The number of nitrogens with one attached hydrogen (secondary N) is 1. The molecule has 1 aliphatic heterocycles. The summed E-state index contributed by atoms with van der Waals surface area (Å²) in [6.45, 7) is 4.58. The Kier molecular flexibility index (Phi) is 4.35. The molecular weight excluding hydrogens is 230 g/mol. The van der Waals surface area contributed by atoms with Gasteiger partial charge in [-0.1, -0.05) is 19.1 Å². The Hall–Kier alpha value is -0.670. The normalized spacial score (nSPS) is 29.7. The zero-order chi connectivity index (χ0) is 12.3. The van der Waals surface area contributed by atoms with Gasteiger partial charge >= 0.3 is 0 Å². The fraction of sp³-hybridized carbons (Fsp3) is 0.571. The summed E-state index contributed by atoms with van der Waals surface area (Å²) in [5, 5.41) is 4.34. The summed E-state index contributed by atoms with van der Waals surface area (Å²) >= 11 is 2.06. The fourth-order valence-corrected chi connectivity index (χ4v) is 3.52. The van der Waals surface area contributed by atoms with Crippen LogP contribution in [0.5, 0.6) is 5.75 Å². The SMILES string of the molecule is COc1ccc(C2NC(C)CCSC2C)cc1. The fourth-order valence-electron chi connectivity index (χ4n) is 2.23. The van der Waals surface area contributed by atoms with E-state index in [0.29, 0.717) is 17.3 Å². The van der Waals surface area contributed by atoms with E-state index in [1.807, 2.05) is 12.1 Å². The van der Waals surface area contributed by atoms with Crippen molar-refractivity contribution in [1.29, 1.82) is 0 Å². The number of rotatable bonds is 2. The van der Waals surface area contributed by atoms with Crippen LogP contribution < -0.4 is 10.1 Å². The molecule has 2 rings (SSSR count). The Labute approximate surface area is 108 Å². The van der Waals surface area contributed by atoms with Gasteiger partial charge in [0.1, 0.15) is 5.75 Å². The minimum Gasteiger partial charge on any atom is -0.497 e. The largest absolute Gasteiger partial charge is 0.497 e. The number of hydrogen-bond acceptors (Lipinski definition) is 3. The van der Waals surface area contributed by atoms with Gasteiger partial charge in [-0.2, -0.15) is 11.8 Å². The van der Waals surface area contributed by atoms with Crippen molar-refractivity contribution in [2.24, 2.45) is 0 Å². The van der Waals surface area contributed by atoms with E-state index in [2.05, 4.69) is 43.1 Å². The summed E-state index contributed by atoms with van der Waals surface area (Å²) in [5.74, 6) is 2.18. The average molecular weight is 251 g/mol. The highest BCUT2D eigenvalue weighted by molar-refractivity contribution is 7.99. The number of benzene rings is 1. The zero-order valence-electron chi connectivity index (χ0n) is 10.8. The van der Waals surface area contributed by atoms with Crippen LogP contribution in [0.2, 0.25) is 0 Å². The van der Waals surface area contributed by atoms with Crippen LogP contribution in [0.1, 0.15) is 31.9 Å². The topological polar surface area (TPSA) is 21.3 Å². The smallest absolute Gasteiger partial charge is 0.118 e. The molecule has 17 heavy (non-hydrogen) atoms. The van der Waals surface area contributed by atoms with E-state index in [1.165, 1.54) is 17.7 Å². The van der Waals surface area contributed by atoms with Gasteiger partial charge in [-0.15, -0.1) is 0 Å². The molecule has 0 bridgehead atoms. The Morgan fingerprint density at radius 1 is 1.24 bits per heavy atom. The highest BCUT2D eigenvalue weighted by Gasteiger charge is 2.24. The van der Waals surface area contributed by atoms with Gasteiger partial charge in [-0.3, -0.25) is 0 Å². The van der Waals surface area contributed by atoms with E-state index < -0.39 is 0 Å². The number of methoxy groups -OCH3 is 1. The summed E-state index contributed by atoms with van der Waals surface area (Å²) < 4.78 is 5.20. The number of thioether (sulfide) groups is 1. The van der Waals surface area contributed by atoms with Crippen LogP contribution in [-0.2, 0) is 0 Å². The lowest BCUT2D eigenvalue weighted by Gasteiger charge is -2.24. The predicted octanol–water partition coefficient (Wildman–Crippen LogP) is 3.24. The first-order valence-corrected chi connectivity index (χ1v) is 7.27. The lowest BCUT2D eigenvalue weighted by atomic mass is 10.0. The molecule has 1 saturated heterocycles. The molecule has 0 saturated carbocycles. The van der Waals surface area contributed by atoms with Gasteiger partial charge in [0.2, 0.25) is 0 Å². The second-order valence-electron chi connectivity index (χ2n) is 4.68. The van der Waals surface area contributed by atoms with Crippen LogP contribution in [0.4, 0.5) is 0 Å². The van der Waals surface area contributed by atoms with Crippen molar-refractivity contribution < 1.29 is 4.74 Å². The molecule has 0 amide bonds.